The maximum absolute atomic E-state index is 2.33. The van der Waals surface area contributed by atoms with Crippen LogP contribution in [0.5, 0.6) is 0 Å². The van der Waals surface area contributed by atoms with Crippen molar-refractivity contribution in [2.45, 2.75) is 6.92 Å². The van der Waals surface area contributed by atoms with E-state index in [2.05, 4.69) is 97.9 Å². The van der Waals surface area contributed by atoms with Crippen LogP contribution in [0, 0.1) is 0 Å². The Kier molecular flexibility index (Phi) is 7.64. The van der Waals surface area contributed by atoms with E-state index in [0.717, 1.165) is 0 Å². The molecular weight excluding hydrogens is 365 g/mol. The van der Waals surface area contributed by atoms with Crippen LogP contribution in [0.2, 0.25) is 0 Å². The molecule has 3 rings (SSSR count). The third kappa shape index (κ3) is 3.72. The van der Waals surface area contributed by atoms with Crippen molar-refractivity contribution in [2.75, 3.05) is 6.16 Å². The van der Waals surface area contributed by atoms with Gasteiger partial charge in [0.25, 0.3) is 0 Å². The van der Waals surface area contributed by atoms with E-state index in [1.165, 1.54) is 22.1 Å². The van der Waals surface area contributed by atoms with Gasteiger partial charge in [0, 0.05) is 0 Å². The van der Waals surface area contributed by atoms with E-state index in [-0.39, 0.29) is 23.1 Å². The quantitative estimate of drug-likeness (QED) is 0.656. The Balaban J connectivity index is 0.00000132. The van der Waals surface area contributed by atoms with Crippen LogP contribution in [0.3, 0.4) is 0 Å². The van der Waals surface area contributed by atoms with Crippen LogP contribution >= 0.6 is 24.2 Å². The molecular formula is C20H25BrNP. The van der Waals surface area contributed by atoms with Gasteiger partial charge < -0.3 is 6.15 Å². The van der Waals surface area contributed by atoms with E-state index in [4.69, 9.17) is 0 Å². The Morgan fingerprint density at radius 2 is 0.826 bits per heavy atom. The van der Waals surface area contributed by atoms with Gasteiger partial charge in [0.15, 0.2) is 0 Å². The molecule has 0 fully saturated rings. The average molecular weight is 390 g/mol. The molecule has 0 saturated heterocycles. The summed E-state index contributed by atoms with van der Waals surface area (Å²) in [5.41, 5.74) is 0. The van der Waals surface area contributed by atoms with Gasteiger partial charge in [0.2, 0.25) is 0 Å². The molecule has 0 aliphatic rings. The van der Waals surface area contributed by atoms with Crippen LogP contribution < -0.4 is 22.1 Å². The number of rotatable bonds is 4. The summed E-state index contributed by atoms with van der Waals surface area (Å²) in [6.07, 6.45) is 1.17. The molecule has 3 N–H and O–H groups in total. The zero-order valence-corrected chi connectivity index (χ0v) is 16.2. The molecule has 0 aliphatic heterocycles. The summed E-state index contributed by atoms with van der Waals surface area (Å²) in [7, 11) is -1.90. The summed E-state index contributed by atoms with van der Waals surface area (Å²) in [6, 6.07) is 33.1. The minimum absolute atomic E-state index is 0. The Hall–Kier alpha value is -1.47. The van der Waals surface area contributed by atoms with E-state index >= 15 is 0 Å². The molecule has 3 heteroatoms. The fraction of sp³-hybridized carbons (Fsp3) is 0.100. The van der Waals surface area contributed by atoms with Gasteiger partial charge in [-0.25, -0.2) is 0 Å². The van der Waals surface area contributed by atoms with Crippen molar-refractivity contribution in [3.05, 3.63) is 91.0 Å². The van der Waals surface area contributed by atoms with Gasteiger partial charge in [-0.2, -0.15) is 0 Å². The molecule has 0 aromatic heterocycles. The molecule has 0 heterocycles. The van der Waals surface area contributed by atoms with Crippen LogP contribution in [0.15, 0.2) is 91.0 Å². The van der Waals surface area contributed by atoms with E-state index in [1.54, 1.807) is 0 Å². The van der Waals surface area contributed by atoms with Crippen molar-refractivity contribution in [2.24, 2.45) is 0 Å². The molecule has 0 unspecified atom stereocenters. The van der Waals surface area contributed by atoms with Crippen LogP contribution in [0.4, 0.5) is 0 Å². The Morgan fingerprint density at radius 1 is 0.565 bits per heavy atom. The van der Waals surface area contributed by atoms with Crippen molar-refractivity contribution in [3.8, 4) is 0 Å². The number of hydrogen-bond donors (Lipinski definition) is 1. The SMILES string of the molecule is Br.CC[PH](c1ccccc1)(c1ccccc1)c1ccccc1.N. The normalized spacial score (nSPS) is 11.0. The minimum Gasteiger partial charge on any atom is -0.344 e. The van der Waals surface area contributed by atoms with Gasteiger partial charge in [0.1, 0.15) is 0 Å². The van der Waals surface area contributed by atoms with E-state index in [9.17, 15) is 0 Å². The summed E-state index contributed by atoms with van der Waals surface area (Å²) in [5.74, 6) is 0. The molecule has 3 aromatic carbocycles. The minimum atomic E-state index is -1.90. The number of benzene rings is 3. The van der Waals surface area contributed by atoms with Crippen molar-refractivity contribution in [1.82, 2.24) is 6.15 Å². The molecule has 122 valence electrons. The smallest absolute Gasteiger partial charge is 0.344 e. The second-order valence-electron chi connectivity index (χ2n) is 5.36. The molecule has 0 radical (unpaired) electrons. The summed E-state index contributed by atoms with van der Waals surface area (Å²) >= 11 is 0. The third-order valence-corrected chi connectivity index (χ3v) is 9.35. The summed E-state index contributed by atoms with van der Waals surface area (Å²) in [6.45, 7) is 2.33. The van der Waals surface area contributed by atoms with Gasteiger partial charge in [-0.15, -0.1) is 17.0 Å². The van der Waals surface area contributed by atoms with Crippen LogP contribution in [0.1, 0.15) is 6.92 Å². The molecule has 0 bridgehead atoms. The van der Waals surface area contributed by atoms with Crippen molar-refractivity contribution < 1.29 is 0 Å². The molecule has 3 aromatic rings. The van der Waals surface area contributed by atoms with Crippen molar-refractivity contribution in [1.29, 1.82) is 0 Å². The topological polar surface area (TPSA) is 35.0 Å². The Morgan fingerprint density at radius 3 is 1.04 bits per heavy atom. The molecule has 1 nitrogen and oxygen atoms in total. The largest absolute Gasteiger partial charge is 0.344 e. The first kappa shape index (κ1) is 19.6. The fourth-order valence-corrected chi connectivity index (χ4v) is 7.79. The molecule has 0 aliphatic carbocycles. The second-order valence-corrected chi connectivity index (χ2v) is 9.61. The second kappa shape index (κ2) is 8.98. The van der Waals surface area contributed by atoms with Gasteiger partial charge in [-0.1, -0.05) is 0 Å². The standard InChI is InChI=1S/C20H21P.BrH.H3N/c1-2-21(18-12-6-3-7-13-18,19-14-8-4-9-15-19)20-16-10-5-11-17-20;;/h3-17,21H,2H2,1H3;1H;1H3. The van der Waals surface area contributed by atoms with Gasteiger partial charge in [0.05, 0.1) is 0 Å². The maximum atomic E-state index is 2.33. The molecule has 23 heavy (non-hydrogen) atoms. The molecule has 0 amide bonds. The van der Waals surface area contributed by atoms with Gasteiger partial charge >= 0.3 is 127 Å². The van der Waals surface area contributed by atoms with E-state index in [1.807, 2.05) is 0 Å². The van der Waals surface area contributed by atoms with Crippen LogP contribution in [-0.2, 0) is 0 Å². The predicted octanol–water partition coefficient (Wildman–Crippen LogP) is 4.47. The van der Waals surface area contributed by atoms with Crippen molar-refractivity contribution in [3.63, 3.8) is 0 Å². The molecule has 0 spiro atoms. The predicted molar refractivity (Wildman–Crippen MR) is 112 cm³/mol. The number of halogens is 1. The Bertz CT molecular complexity index is 590. The van der Waals surface area contributed by atoms with Gasteiger partial charge in [-0.3, -0.25) is 0 Å². The van der Waals surface area contributed by atoms with Crippen LogP contribution in [0.25, 0.3) is 0 Å². The number of hydrogen-bond acceptors (Lipinski definition) is 1. The summed E-state index contributed by atoms with van der Waals surface area (Å²) in [4.78, 5) is 0. The van der Waals surface area contributed by atoms with Crippen LogP contribution in [-0.4, -0.2) is 6.16 Å². The van der Waals surface area contributed by atoms with Gasteiger partial charge in [-0.05, 0) is 0 Å². The first-order valence-corrected chi connectivity index (χ1v) is 9.75. The Labute approximate surface area is 150 Å². The zero-order valence-electron chi connectivity index (χ0n) is 13.5. The molecule has 0 saturated carbocycles. The van der Waals surface area contributed by atoms with Crippen molar-refractivity contribution >= 4 is 40.2 Å². The monoisotopic (exact) mass is 389 g/mol. The third-order valence-electron chi connectivity index (χ3n) is 4.33. The summed E-state index contributed by atoms with van der Waals surface area (Å²) in [5, 5.41) is 4.47. The van der Waals surface area contributed by atoms with E-state index in [0.29, 0.717) is 0 Å². The summed E-state index contributed by atoms with van der Waals surface area (Å²) < 4.78 is 0. The fourth-order valence-electron chi connectivity index (χ4n) is 3.28. The zero-order chi connectivity index (χ0) is 14.5. The average Bonchev–Trinajstić information content (AvgIpc) is 2.59. The maximum Gasteiger partial charge on any atom is -0.344 e. The first-order valence-electron chi connectivity index (χ1n) is 7.54. The van der Waals surface area contributed by atoms with E-state index < -0.39 is 7.26 Å². The molecule has 0 atom stereocenters. The first-order chi connectivity index (χ1) is 10.4.